The Labute approximate surface area is 123 Å². The molecular formula is C15H19NO5. The molecule has 0 saturated carbocycles. The van der Waals surface area contributed by atoms with Crippen molar-refractivity contribution >= 4 is 17.9 Å². The third-order valence-electron chi connectivity index (χ3n) is 2.53. The maximum absolute atomic E-state index is 11.9. The molecule has 6 heteroatoms. The molecule has 1 aliphatic heterocycles. The first-order chi connectivity index (χ1) is 9.89. The fraction of sp³-hybridized carbons (Fsp3) is 0.400. The standard InChI is InChI=1S/C15H19NO5/c1-15(2,3)21-14(17)16-11-7-10(5-6-18-4)8-12-13(11)20-9-19-12/h5-8H,9H2,1-4H3,(H,16,17)/b6-5+. The van der Waals surface area contributed by atoms with Crippen molar-refractivity contribution in [3.63, 3.8) is 0 Å². The second-order valence-corrected chi connectivity index (χ2v) is 5.47. The zero-order valence-electron chi connectivity index (χ0n) is 12.6. The van der Waals surface area contributed by atoms with Gasteiger partial charge in [-0.05, 0) is 44.5 Å². The summed E-state index contributed by atoms with van der Waals surface area (Å²) in [7, 11) is 1.56. The molecule has 1 amide bonds. The Hall–Kier alpha value is -2.37. The van der Waals surface area contributed by atoms with Gasteiger partial charge >= 0.3 is 6.09 Å². The number of anilines is 1. The Morgan fingerprint density at radius 2 is 2.10 bits per heavy atom. The van der Waals surface area contributed by atoms with Crippen molar-refractivity contribution in [3.05, 3.63) is 24.0 Å². The van der Waals surface area contributed by atoms with Gasteiger partial charge in [0, 0.05) is 0 Å². The molecule has 1 N–H and O–H groups in total. The predicted octanol–water partition coefficient (Wildman–Crippen LogP) is 3.38. The van der Waals surface area contributed by atoms with Gasteiger partial charge in [0.05, 0.1) is 19.1 Å². The van der Waals surface area contributed by atoms with E-state index in [0.29, 0.717) is 17.2 Å². The second kappa shape index (κ2) is 5.95. The van der Waals surface area contributed by atoms with E-state index in [1.807, 2.05) is 0 Å². The smallest absolute Gasteiger partial charge is 0.412 e. The van der Waals surface area contributed by atoms with Crippen LogP contribution in [0.3, 0.4) is 0 Å². The van der Waals surface area contributed by atoms with Gasteiger partial charge in [-0.25, -0.2) is 4.79 Å². The van der Waals surface area contributed by atoms with E-state index in [2.05, 4.69) is 5.32 Å². The van der Waals surface area contributed by atoms with Crippen molar-refractivity contribution in [1.29, 1.82) is 0 Å². The summed E-state index contributed by atoms with van der Waals surface area (Å²) in [4.78, 5) is 11.9. The largest absolute Gasteiger partial charge is 0.504 e. The quantitative estimate of drug-likeness (QED) is 0.865. The normalized spacial score (nSPS) is 13.3. The van der Waals surface area contributed by atoms with Crippen LogP contribution in [0.5, 0.6) is 11.5 Å². The number of rotatable bonds is 3. The Bertz CT molecular complexity index is 560. The monoisotopic (exact) mass is 293 g/mol. The molecule has 1 aliphatic rings. The van der Waals surface area contributed by atoms with Crippen LogP contribution in [-0.4, -0.2) is 25.6 Å². The molecular weight excluding hydrogens is 274 g/mol. The van der Waals surface area contributed by atoms with Crippen molar-refractivity contribution in [1.82, 2.24) is 0 Å². The number of methoxy groups -OCH3 is 1. The number of carbonyl (C=O) groups is 1. The molecule has 114 valence electrons. The first kappa shape index (κ1) is 15.0. The number of nitrogens with one attached hydrogen (secondary N) is 1. The van der Waals surface area contributed by atoms with E-state index >= 15 is 0 Å². The number of carbonyl (C=O) groups excluding carboxylic acids is 1. The average molecular weight is 293 g/mol. The summed E-state index contributed by atoms with van der Waals surface area (Å²) in [5, 5.41) is 2.67. The van der Waals surface area contributed by atoms with Gasteiger partial charge in [-0.3, -0.25) is 5.32 Å². The molecule has 21 heavy (non-hydrogen) atoms. The zero-order chi connectivity index (χ0) is 15.5. The van der Waals surface area contributed by atoms with Crippen molar-refractivity contribution in [3.8, 4) is 11.5 Å². The highest BCUT2D eigenvalue weighted by Gasteiger charge is 2.22. The molecule has 0 atom stereocenters. The van der Waals surface area contributed by atoms with Crippen molar-refractivity contribution < 1.29 is 23.7 Å². The number of ether oxygens (including phenoxy) is 4. The molecule has 0 saturated heterocycles. The van der Waals surface area contributed by atoms with Crippen LogP contribution < -0.4 is 14.8 Å². The van der Waals surface area contributed by atoms with Gasteiger partial charge in [0.1, 0.15) is 5.60 Å². The van der Waals surface area contributed by atoms with Gasteiger partial charge in [0.15, 0.2) is 11.5 Å². The zero-order valence-corrected chi connectivity index (χ0v) is 12.6. The topological polar surface area (TPSA) is 66.0 Å². The van der Waals surface area contributed by atoms with Crippen molar-refractivity contribution in [2.45, 2.75) is 26.4 Å². The van der Waals surface area contributed by atoms with E-state index in [-0.39, 0.29) is 6.79 Å². The lowest BCUT2D eigenvalue weighted by atomic mass is 10.1. The molecule has 0 aliphatic carbocycles. The average Bonchev–Trinajstić information content (AvgIpc) is 2.82. The van der Waals surface area contributed by atoms with Gasteiger partial charge < -0.3 is 18.9 Å². The van der Waals surface area contributed by atoms with Crippen LogP contribution in [0.2, 0.25) is 0 Å². The number of fused-ring (bicyclic) bond motifs is 1. The Morgan fingerprint density at radius 1 is 1.33 bits per heavy atom. The molecule has 0 fully saturated rings. The van der Waals surface area contributed by atoms with Crippen LogP contribution in [0, 0.1) is 0 Å². The van der Waals surface area contributed by atoms with Crippen LogP contribution in [-0.2, 0) is 9.47 Å². The van der Waals surface area contributed by atoms with Gasteiger partial charge in [-0.2, -0.15) is 0 Å². The molecule has 1 aromatic rings. The summed E-state index contributed by atoms with van der Waals surface area (Å²) >= 11 is 0. The minimum absolute atomic E-state index is 0.121. The number of hydrogen-bond acceptors (Lipinski definition) is 5. The highest BCUT2D eigenvalue weighted by Crippen LogP contribution is 2.40. The van der Waals surface area contributed by atoms with Crippen LogP contribution in [0.4, 0.5) is 10.5 Å². The maximum Gasteiger partial charge on any atom is 0.412 e. The number of amides is 1. The number of hydrogen-bond donors (Lipinski definition) is 1. The van der Waals surface area contributed by atoms with E-state index in [9.17, 15) is 4.79 Å². The predicted molar refractivity (Wildman–Crippen MR) is 78.5 cm³/mol. The van der Waals surface area contributed by atoms with Gasteiger partial charge in [0.2, 0.25) is 6.79 Å². The fourth-order valence-electron chi connectivity index (χ4n) is 1.78. The molecule has 1 aromatic carbocycles. The molecule has 0 radical (unpaired) electrons. The SMILES string of the molecule is CO/C=C/c1cc(NC(=O)OC(C)(C)C)c2c(c1)OCO2. The molecule has 6 nitrogen and oxygen atoms in total. The lowest BCUT2D eigenvalue weighted by Gasteiger charge is -2.20. The van der Waals surface area contributed by atoms with Crippen molar-refractivity contribution in [2.24, 2.45) is 0 Å². The highest BCUT2D eigenvalue weighted by molar-refractivity contribution is 5.89. The minimum atomic E-state index is -0.571. The van der Waals surface area contributed by atoms with Gasteiger partial charge in [-0.15, -0.1) is 0 Å². The summed E-state index contributed by atoms with van der Waals surface area (Å²) in [6.07, 6.45) is 2.74. The summed E-state index contributed by atoms with van der Waals surface area (Å²) in [5.74, 6) is 1.06. The summed E-state index contributed by atoms with van der Waals surface area (Å²) in [5.41, 5.74) is 0.736. The van der Waals surface area contributed by atoms with E-state index in [4.69, 9.17) is 18.9 Å². The van der Waals surface area contributed by atoms with Gasteiger partial charge in [-0.1, -0.05) is 0 Å². The summed E-state index contributed by atoms with van der Waals surface area (Å²) in [6.45, 7) is 5.52. The van der Waals surface area contributed by atoms with Crippen molar-refractivity contribution in [2.75, 3.05) is 19.2 Å². The lowest BCUT2D eigenvalue weighted by molar-refractivity contribution is 0.0635. The Balaban J connectivity index is 2.23. The summed E-state index contributed by atoms with van der Waals surface area (Å²) in [6, 6.07) is 3.56. The van der Waals surface area contributed by atoms with Crippen LogP contribution in [0.25, 0.3) is 6.08 Å². The van der Waals surface area contributed by atoms with Gasteiger partial charge in [0.25, 0.3) is 0 Å². The van der Waals surface area contributed by atoms with Crippen LogP contribution in [0.1, 0.15) is 26.3 Å². The molecule has 2 rings (SSSR count). The third kappa shape index (κ3) is 4.05. The first-order valence-electron chi connectivity index (χ1n) is 6.52. The van der Waals surface area contributed by atoms with E-state index in [1.165, 1.54) is 6.26 Å². The first-order valence-corrected chi connectivity index (χ1v) is 6.52. The summed E-state index contributed by atoms with van der Waals surface area (Å²) < 4.78 is 20.8. The fourth-order valence-corrected chi connectivity index (χ4v) is 1.78. The highest BCUT2D eigenvalue weighted by atomic mass is 16.7. The maximum atomic E-state index is 11.9. The van der Waals surface area contributed by atoms with E-state index < -0.39 is 11.7 Å². The minimum Gasteiger partial charge on any atom is -0.504 e. The number of benzene rings is 1. The molecule has 1 heterocycles. The van der Waals surface area contributed by atoms with Crippen LogP contribution >= 0.6 is 0 Å². The molecule has 0 aromatic heterocycles. The lowest BCUT2D eigenvalue weighted by Crippen LogP contribution is -2.27. The Kier molecular flexibility index (Phi) is 4.26. The third-order valence-corrected chi connectivity index (χ3v) is 2.53. The van der Waals surface area contributed by atoms with E-state index in [1.54, 1.807) is 46.1 Å². The second-order valence-electron chi connectivity index (χ2n) is 5.47. The molecule has 0 unspecified atom stereocenters. The molecule has 0 bridgehead atoms. The Morgan fingerprint density at radius 3 is 2.76 bits per heavy atom. The van der Waals surface area contributed by atoms with Crippen LogP contribution in [0.15, 0.2) is 18.4 Å². The molecule has 0 spiro atoms. The van der Waals surface area contributed by atoms with E-state index in [0.717, 1.165) is 5.56 Å².